The zero-order valence-corrected chi connectivity index (χ0v) is 11.2. The third-order valence-electron chi connectivity index (χ3n) is 2.71. The van der Waals surface area contributed by atoms with Gasteiger partial charge in [0.15, 0.2) is 0 Å². The number of nitrogens with one attached hydrogen (secondary N) is 2. The molecule has 0 aliphatic carbocycles. The van der Waals surface area contributed by atoms with E-state index in [-0.39, 0.29) is 0 Å². The Kier molecular flexibility index (Phi) is 6.79. The van der Waals surface area contributed by atoms with Crippen molar-refractivity contribution >= 4 is 5.96 Å². The number of aryl methyl sites for hydroxylation is 1. The molecular weight excluding hydrogens is 226 g/mol. The second kappa shape index (κ2) is 8.47. The van der Waals surface area contributed by atoms with Crippen LogP contribution in [0.15, 0.2) is 23.3 Å². The summed E-state index contributed by atoms with van der Waals surface area (Å²) in [6.07, 6.45) is 5.01. The molecule has 5 heteroatoms. The van der Waals surface area contributed by atoms with Gasteiger partial charge in [0.2, 0.25) is 5.96 Å². The highest BCUT2D eigenvalue weighted by Crippen LogP contribution is 2.07. The second-order valence-electron chi connectivity index (χ2n) is 4.05. The number of aromatic nitrogens is 1. The van der Waals surface area contributed by atoms with Crippen LogP contribution in [0.25, 0.3) is 0 Å². The van der Waals surface area contributed by atoms with E-state index in [0.717, 1.165) is 31.5 Å². The van der Waals surface area contributed by atoms with E-state index in [1.807, 2.05) is 6.07 Å². The maximum absolute atomic E-state index is 5.43. The number of hydrazine groups is 1. The van der Waals surface area contributed by atoms with Crippen molar-refractivity contribution in [3.63, 3.8) is 0 Å². The van der Waals surface area contributed by atoms with Gasteiger partial charge in [-0.1, -0.05) is 26.3 Å². The van der Waals surface area contributed by atoms with E-state index in [4.69, 9.17) is 5.84 Å². The van der Waals surface area contributed by atoms with Crippen molar-refractivity contribution in [1.29, 1.82) is 0 Å². The first kappa shape index (κ1) is 14.4. The topological polar surface area (TPSA) is 75.3 Å². The Hall–Kier alpha value is -1.62. The molecule has 0 unspecified atom stereocenters. The molecule has 0 aliphatic rings. The number of rotatable bonds is 6. The maximum atomic E-state index is 5.43. The summed E-state index contributed by atoms with van der Waals surface area (Å²) in [5.41, 5.74) is 4.81. The first-order valence-corrected chi connectivity index (χ1v) is 6.49. The van der Waals surface area contributed by atoms with Gasteiger partial charge < -0.3 is 5.32 Å². The fourth-order valence-electron chi connectivity index (χ4n) is 1.63. The highest BCUT2D eigenvalue weighted by atomic mass is 15.3. The van der Waals surface area contributed by atoms with Gasteiger partial charge in [-0.2, -0.15) is 0 Å². The predicted molar refractivity (Wildman–Crippen MR) is 75.0 cm³/mol. The fraction of sp³-hybridized carbons (Fsp3) is 0.538. The van der Waals surface area contributed by atoms with Crippen molar-refractivity contribution in [3.05, 3.63) is 29.6 Å². The van der Waals surface area contributed by atoms with Gasteiger partial charge in [0, 0.05) is 12.7 Å². The summed E-state index contributed by atoms with van der Waals surface area (Å²) in [4.78, 5) is 8.75. The van der Waals surface area contributed by atoms with Crippen LogP contribution >= 0.6 is 0 Å². The Bertz CT molecular complexity index is 375. The number of nitrogens with two attached hydrogens (primary N) is 1. The average molecular weight is 249 g/mol. The van der Waals surface area contributed by atoms with E-state index < -0.39 is 0 Å². The van der Waals surface area contributed by atoms with Crippen LogP contribution in [0.1, 0.15) is 37.9 Å². The minimum Gasteiger partial charge on any atom is -0.355 e. The summed E-state index contributed by atoms with van der Waals surface area (Å²) in [5.74, 6) is 6.05. The number of nitrogens with zero attached hydrogens (tertiary/aromatic N) is 2. The molecule has 0 saturated carbocycles. The first-order valence-electron chi connectivity index (χ1n) is 6.49. The van der Waals surface area contributed by atoms with Crippen molar-refractivity contribution in [3.8, 4) is 0 Å². The van der Waals surface area contributed by atoms with Crippen LogP contribution in [0, 0.1) is 0 Å². The quantitative estimate of drug-likeness (QED) is 0.234. The molecule has 5 nitrogen and oxygen atoms in total. The van der Waals surface area contributed by atoms with Crippen LogP contribution in [0.4, 0.5) is 0 Å². The average Bonchev–Trinajstić information content (AvgIpc) is 2.43. The van der Waals surface area contributed by atoms with Crippen LogP contribution in [0.2, 0.25) is 0 Å². The van der Waals surface area contributed by atoms with Gasteiger partial charge in [0.25, 0.3) is 0 Å². The zero-order valence-electron chi connectivity index (χ0n) is 11.2. The number of hydrogen-bond donors (Lipinski definition) is 3. The van der Waals surface area contributed by atoms with Crippen LogP contribution in [0.5, 0.6) is 0 Å². The lowest BCUT2D eigenvalue weighted by atomic mass is 10.1. The molecule has 1 rings (SSSR count). The molecule has 0 radical (unpaired) electrons. The van der Waals surface area contributed by atoms with Gasteiger partial charge in [-0.3, -0.25) is 10.4 Å². The van der Waals surface area contributed by atoms with Gasteiger partial charge in [0.1, 0.15) is 0 Å². The molecule has 0 amide bonds. The molecule has 0 bridgehead atoms. The number of pyridine rings is 1. The van der Waals surface area contributed by atoms with Crippen molar-refractivity contribution in [2.75, 3.05) is 6.54 Å². The lowest BCUT2D eigenvalue weighted by molar-refractivity contribution is 0.730. The molecule has 0 aliphatic heterocycles. The smallest absolute Gasteiger partial charge is 0.206 e. The Morgan fingerprint density at radius 1 is 1.44 bits per heavy atom. The van der Waals surface area contributed by atoms with Crippen LogP contribution < -0.4 is 16.6 Å². The zero-order chi connectivity index (χ0) is 13.2. The largest absolute Gasteiger partial charge is 0.355 e. The molecule has 1 aromatic rings. The van der Waals surface area contributed by atoms with E-state index >= 15 is 0 Å². The van der Waals surface area contributed by atoms with Gasteiger partial charge in [0.05, 0.1) is 12.2 Å². The van der Waals surface area contributed by atoms with Gasteiger partial charge >= 0.3 is 0 Å². The monoisotopic (exact) mass is 249 g/mol. The Morgan fingerprint density at radius 3 is 2.94 bits per heavy atom. The SMILES string of the molecule is CCCCNC(=NCc1ncccc1CC)NN. The molecule has 0 spiro atoms. The van der Waals surface area contributed by atoms with E-state index in [0.29, 0.717) is 12.5 Å². The van der Waals surface area contributed by atoms with E-state index in [1.165, 1.54) is 5.56 Å². The number of hydrogen-bond acceptors (Lipinski definition) is 3. The van der Waals surface area contributed by atoms with E-state index in [1.54, 1.807) is 6.20 Å². The molecule has 0 aromatic carbocycles. The minimum atomic E-state index is 0.544. The molecule has 1 heterocycles. The summed E-state index contributed by atoms with van der Waals surface area (Å²) in [5, 5.41) is 3.16. The third-order valence-corrected chi connectivity index (χ3v) is 2.71. The van der Waals surface area contributed by atoms with E-state index in [9.17, 15) is 0 Å². The highest BCUT2D eigenvalue weighted by molar-refractivity contribution is 5.79. The highest BCUT2D eigenvalue weighted by Gasteiger charge is 2.01. The van der Waals surface area contributed by atoms with Gasteiger partial charge in [-0.05, 0) is 24.5 Å². The van der Waals surface area contributed by atoms with Gasteiger partial charge in [-0.15, -0.1) is 0 Å². The molecule has 4 N–H and O–H groups in total. The number of unbranched alkanes of at least 4 members (excludes halogenated alkanes) is 1. The van der Waals surface area contributed by atoms with Crippen molar-refractivity contribution in [1.82, 2.24) is 15.7 Å². The van der Waals surface area contributed by atoms with Crippen LogP contribution in [-0.4, -0.2) is 17.5 Å². The molecule has 18 heavy (non-hydrogen) atoms. The van der Waals surface area contributed by atoms with Gasteiger partial charge in [-0.25, -0.2) is 10.8 Å². The van der Waals surface area contributed by atoms with E-state index in [2.05, 4.69) is 40.6 Å². The fourth-order valence-corrected chi connectivity index (χ4v) is 1.63. The molecule has 0 atom stereocenters. The Labute approximate surface area is 109 Å². The standard InChI is InChI=1S/C13H23N5/c1-3-5-8-16-13(18-14)17-10-12-11(4-2)7-6-9-15-12/h6-7,9H,3-5,8,10,14H2,1-2H3,(H2,16,17,18). The Balaban J connectivity index is 2.59. The summed E-state index contributed by atoms with van der Waals surface area (Å²) in [6.45, 7) is 5.69. The summed E-state index contributed by atoms with van der Waals surface area (Å²) >= 11 is 0. The lowest BCUT2D eigenvalue weighted by Crippen LogP contribution is -2.42. The van der Waals surface area contributed by atoms with Crippen molar-refractivity contribution < 1.29 is 0 Å². The molecule has 0 saturated heterocycles. The van der Waals surface area contributed by atoms with Crippen LogP contribution in [-0.2, 0) is 13.0 Å². The number of guanidine groups is 1. The lowest BCUT2D eigenvalue weighted by Gasteiger charge is -2.09. The molecule has 1 aromatic heterocycles. The van der Waals surface area contributed by atoms with Crippen molar-refractivity contribution in [2.24, 2.45) is 10.8 Å². The second-order valence-corrected chi connectivity index (χ2v) is 4.05. The maximum Gasteiger partial charge on any atom is 0.206 e. The molecular formula is C13H23N5. The third kappa shape index (κ3) is 4.71. The predicted octanol–water partition coefficient (Wildman–Crippen LogP) is 1.35. The molecule has 100 valence electrons. The van der Waals surface area contributed by atoms with Crippen LogP contribution in [0.3, 0.4) is 0 Å². The summed E-state index contributed by atoms with van der Waals surface area (Å²) < 4.78 is 0. The first-order chi connectivity index (χ1) is 8.81. The normalized spacial score (nSPS) is 11.4. The summed E-state index contributed by atoms with van der Waals surface area (Å²) in [6, 6.07) is 4.03. The van der Waals surface area contributed by atoms with Crippen molar-refractivity contribution in [2.45, 2.75) is 39.7 Å². The Morgan fingerprint density at radius 2 is 2.28 bits per heavy atom. The molecule has 0 fully saturated rings. The summed E-state index contributed by atoms with van der Waals surface area (Å²) in [7, 11) is 0. The number of aliphatic imine (C=N–C) groups is 1. The minimum absolute atomic E-state index is 0.544.